The number of aromatic amines is 1. The summed E-state index contributed by atoms with van der Waals surface area (Å²) in [6.07, 6.45) is 1.95. The van der Waals surface area contributed by atoms with Crippen molar-refractivity contribution in [3.8, 4) is 17.0 Å². The van der Waals surface area contributed by atoms with Gasteiger partial charge in [0.1, 0.15) is 5.75 Å². The monoisotopic (exact) mass is 259 g/mol. The van der Waals surface area contributed by atoms with Crippen molar-refractivity contribution in [1.29, 1.82) is 0 Å². The van der Waals surface area contributed by atoms with Gasteiger partial charge in [0.25, 0.3) is 0 Å². The van der Waals surface area contributed by atoms with Crippen molar-refractivity contribution < 1.29 is 4.74 Å². The fourth-order valence-electron chi connectivity index (χ4n) is 2.04. The molecule has 3 N–H and O–H groups in total. The van der Waals surface area contributed by atoms with Crippen LogP contribution in [0, 0.1) is 0 Å². The normalized spacial score (nSPS) is 10.9. The second-order valence-corrected chi connectivity index (χ2v) is 4.77. The number of nitrogen functional groups attached to an aromatic ring is 1. The van der Waals surface area contributed by atoms with E-state index >= 15 is 0 Å². The van der Waals surface area contributed by atoms with Crippen molar-refractivity contribution in [3.05, 3.63) is 29.8 Å². The fraction of sp³-hybridized carbons (Fsp3) is 0.154. The van der Waals surface area contributed by atoms with E-state index in [0.29, 0.717) is 11.7 Å². The lowest BCUT2D eigenvalue weighted by atomic mass is 10.1. The van der Waals surface area contributed by atoms with Crippen LogP contribution in [0.3, 0.4) is 0 Å². The summed E-state index contributed by atoms with van der Waals surface area (Å²) in [6.45, 7) is 2.62. The van der Waals surface area contributed by atoms with E-state index in [1.165, 1.54) is 11.3 Å². The molecular formula is C13H13N3OS. The smallest absolute Gasteiger partial charge is 0.180 e. The van der Waals surface area contributed by atoms with Crippen LogP contribution in [-0.2, 0) is 0 Å². The third-order valence-corrected chi connectivity index (χ3v) is 3.44. The van der Waals surface area contributed by atoms with E-state index in [0.717, 1.165) is 27.9 Å². The zero-order valence-corrected chi connectivity index (χ0v) is 10.8. The number of anilines is 1. The van der Waals surface area contributed by atoms with Gasteiger partial charge >= 0.3 is 0 Å². The van der Waals surface area contributed by atoms with Crippen LogP contribution in [0.15, 0.2) is 29.8 Å². The summed E-state index contributed by atoms with van der Waals surface area (Å²) in [6, 6.07) is 5.97. The van der Waals surface area contributed by atoms with Crippen molar-refractivity contribution >= 4 is 27.4 Å². The van der Waals surface area contributed by atoms with Gasteiger partial charge in [-0.2, -0.15) is 0 Å². The molecule has 5 heteroatoms. The molecule has 0 radical (unpaired) electrons. The molecule has 0 atom stereocenters. The van der Waals surface area contributed by atoms with Gasteiger partial charge in [-0.3, -0.25) is 0 Å². The van der Waals surface area contributed by atoms with E-state index in [9.17, 15) is 0 Å². The van der Waals surface area contributed by atoms with E-state index in [1.54, 1.807) is 0 Å². The number of aromatic nitrogens is 2. The molecule has 0 spiro atoms. The molecule has 0 bridgehead atoms. The molecule has 18 heavy (non-hydrogen) atoms. The first-order chi connectivity index (χ1) is 8.79. The van der Waals surface area contributed by atoms with Crippen LogP contribution in [0.2, 0.25) is 0 Å². The maximum atomic E-state index is 5.69. The van der Waals surface area contributed by atoms with E-state index in [2.05, 4.69) is 9.97 Å². The first-order valence-corrected chi connectivity index (χ1v) is 6.62. The molecule has 0 aliphatic heterocycles. The molecule has 0 fully saturated rings. The highest BCUT2D eigenvalue weighted by Crippen LogP contribution is 2.35. The van der Waals surface area contributed by atoms with Crippen molar-refractivity contribution in [3.63, 3.8) is 0 Å². The summed E-state index contributed by atoms with van der Waals surface area (Å²) in [4.78, 5) is 7.56. The number of nitrogens with two attached hydrogens (primary N) is 1. The molecule has 0 unspecified atom stereocenters. The molecule has 0 aliphatic carbocycles. The van der Waals surface area contributed by atoms with E-state index in [1.807, 2.05) is 36.7 Å². The summed E-state index contributed by atoms with van der Waals surface area (Å²) in [7, 11) is 0. The number of benzene rings is 1. The number of hydrogen-bond acceptors (Lipinski definition) is 4. The maximum absolute atomic E-state index is 5.69. The summed E-state index contributed by atoms with van der Waals surface area (Å²) in [5.41, 5.74) is 8.65. The quantitative estimate of drug-likeness (QED) is 0.758. The number of ether oxygens (including phenoxy) is 1. The first kappa shape index (κ1) is 11.1. The summed E-state index contributed by atoms with van der Waals surface area (Å²) in [5, 5.41) is 3.60. The molecule has 1 aromatic carbocycles. The lowest BCUT2D eigenvalue weighted by molar-refractivity contribution is 0.344. The second-order valence-electron chi connectivity index (χ2n) is 3.89. The topological polar surface area (TPSA) is 63.9 Å². The second kappa shape index (κ2) is 4.34. The number of thiazole rings is 1. The summed E-state index contributed by atoms with van der Waals surface area (Å²) >= 11 is 1.44. The Morgan fingerprint density at radius 1 is 1.44 bits per heavy atom. The fourth-order valence-corrected chi connectivity index (χ4v) is 2.60. The highest BCUT2D eigenvalue weighted by atomic mass is 32.1. The SMILES string of the molecule is CCOc1cccc2[nH]cc(-c3csc(N)n3)c12. The average molecular weight is 259 g/mol. The van der Waals surface area contributed by atoms with Gasteiger partial charge in [-0.15, -0.1) is 11.3 Å². The Kier molecular flexibility index (Phi) is 2.68. The van der Waals surface area contributed by atoms with Gasteiger partial charge in [-0.25, -0.2) is 4.98 Å². The largest absolute Gasteiger partial charge is 0.493 e. The average Bonchev–Trinajstić information content (AvgIpc) is 2.96. The van der Waals surface area contributed by atoms with Crippen LogP contribution in [-0.4, -0.2) is 16.6 Å². The van der Waals surface area contributed by atoms with E-state index < -0.39 is 0 Å². The Morgan fingerprint density at radius 2 is 2.33 bits per heavy atom. The number of H-pyrrole nitrogens is 1. The van der Waals surface area contributed by atoms with Gasteiger partial charge in [0.05, 0.1) is 17.7 Å². The molecule has 3 aromatic rings. The maximum Gasteiger partial charge on any atom is 0.180 e. The predicted molar refractivity (Wildman–Crippen MR) is 75.0 cm³/mol. The lowest BCUT2D eigenvalue weighted by Crippen LogP contribution is -1.92. The lowest BCUT2D eigenvalue weighted by Gasteiger charge is -2.05. The Hall–Kier alpha value is -2.01. The Bertz CT molecular complexity index is 686. The Balaban J connectivity index is 2.23. The van der Waals surface area contributed by atoms with Gasteiger partial charge in [0, 0.05) is 22.7 Å². The molecule has 0 aliphatic rings. The molecule has 2 aromatic heterocycles. The highest BCUT2D eigenvalue weighted by Gasteiger charge is 2.13. The third-order valence-electron chi connectivity index (χ3n) is 2.77. The number of nitrogens with one attached hydrogen (secondary N) is 1. The number of fused-ring (bicyclic) bond motifs is 1. The molecule has 92 valence electrons. The minimum atomic E-state index is 0.577. The van der Waals surface area contributed by atoms with Crippen LogP contribution >= 0.6 is 11.3 Å². The van der Waals surface area contributed by atoms with Crippen molar-refractivity contribution in [1.82, 2.24) is 9.97 Å². The molecule has 0 amide bonds. The minimum absolute atomic E-state index is 0.577. The van der Waals surface area contributed by atoms with Crippen LogP contribution < -0.4 is 10.5 Å². The van der Waals surface area contributed by atoms with Crippen LogP contribution in [0.1, 0.15) is 6.92 Å². The van der Waals surface area contributed by atoms with Gasteiger partial charge in [-0.1, -0.05) is 6.07 Å². The predicted octanol–water partition coefficient (Wildman–Crippen LogP) is 3.27. The molecule has 3 rings (SSSR count). The van der Waals surface area contributed by atoms with Gasteiger partial charge in [0.15, 0.2) is 5.13 Å². The molecule has 0 saturated carbocycles. The van der Waals surface area contributed by atoms with E-state index in [-0.39, 0.29) is 0 Å². The van der Waals surface area contributed by atoms with Crippen LogP contribution in [0.5, 0.6) is 5.75 Å². The number of hydrogen-bond donors (Lipinski definition) is 2. The highest BCUT2D eigenvalue weighted by molar-refractivity contribution is 7.13. The van der Waals surface area contributed by atoms with E-state index in [4.69, 9.17) is 10.5 Å². The van der Waals surface area contributed by atoms with Gasteiger partial charge < -0.3 is 15.5 Å². The first-order valence-electron chi connectivity index (χ1n) is 5.74. The molecule has 2 heterocycles. The Labute approximate surface area is 108 Å². The van der Waals surface area contributed by atoms with Crippen molar-refractivity contribution in [2.75, 3.05) is 12.3 Å². The standard InChI is InChI=1S/C13H13N3OS/c1-2-17-11-5-3-4-9-12(11)8(6-15-9)10-7-18-13(14)16-10/h3-7,15H,2H2,1H3,(H2,14,16). The van der Waals surface area contributed by atoms with Crippen molar-refractivity contribution in [2.24, 2.45) is 0 Å². The number of rotatable bonds is 3. The van der Waals surface area contributed by atoms with Crippen molar-refractivity contribution in [2.45, 2.75) is 6.92 Å². The van der Waals surface area contributed by atoms with Gasteiger partial charge in [0.2, 0.25) is 0 Å². The zero-order valence-electron chi connectivity index (χ0n) is 9.93. The van der Waals surface area contributed by atoms with Crippen LogP contribution in [0.4, 0.5) is 5.13 Å². The summed E-state index contributed by atoms with van der Waals surface area (Å²) in [5.74, 6) is 0.873. The van der Waals surface area contributed by atoms with Gasteiger partial charge in [-0.05, 0) is 19.1 Å². The molecule has 0 saturated heterocycles. The van der Waals surface area contributed by atoms with Crippen LogP contribution in [0.25, 0.3) is 22.2 Å². The number of nitrogens with zero attached hydrogens (tertiary/aromatic N) is 1. The Morgan fingerprint density at radius 3 is 3.06 bits per heavy atom. The molecular weight excluding hydrogens is 246 g/mol. The minimum Gasteiger partial charge on any atom is -0.493 e. The molecule has 4 nitrogen and oxygen atoms in total. The third kappa shape index (κ3) is 1.73. The summed E-state index contributed by atoms with van der Waals surface area (Å²) < 4.78 is 5.67. The zero-order chi connectivity index (χ0) is 12.5.